The van der Waals surface area contributed by atoms with E-state index in [1.807, 2.05) is 0 Å². The van der Waals surface area contributed by atoms with Crippen molar-refractivity contribution in [3.8, 4) is 5.82 Å². The van der Waals surface area contributed by atoms with Crippen molar-refractivity contribution >= 4 is 23.4 Å². The lowest BCUT2D eigenvalue weighted by atomic mass is 10.2. The van der Waals surface area contributed by atoms with Crippen molar-refractivity contribution in [3.05, 3.63) is 41.2 Å². The molecule has 1 aliphatic heterocycles. The Balaban J connectivity index is 1.54. The molecule has 0 unspecified atom stereocenters. The van der Waals surface area contributed by atoms with Crippen molar-refractivity contribution in [3.63, 3.8) is 0 Å². The minimum atomic E-state index is -4.65. The van der Waals surface area contributed by atoms with Crippen LogP contribution in [0, 0.1) is 13.8 Å². The highest BCUT2D eigenvalue weighted by atomic mass is 19.4. The molecule has 168 valence electrons. The molecule has 1 aliphatic rings. The number of hydrogen-bond donors (Lipinski definition) is 2. The molecule has 0 aromatic carbocycles. The van der Waals surface area contributed by atoms with Crippen molar-refractivity contribution in [2.24, 2.45) is 0 Å². The summed E-state index contributed by atoms with van der Waals surface area (Å²) in [5, 5.41) is 10.0. The van der Waals surface area contributed by atoms with Crippen LogP contribution < -0.4 is 15.5 Å². The van der Waals surface area contributed by atoms with E-state index in [-0.39, 0.29) is 24.3 Å². The zero-order chi connectivity index (χ0) is 23.2. The highest BCUT2D eigenvalue weighted by Gasteiger charge is 2.35. The van der Waals surface area contributed by atoms with E-state index in [1.165, 1.54) is 10.9 Å². The smallest absolute Gasteiger partial charge is 0.350 e. The molecule has 3 aromatic rings. The fourth-order valence-electron chi connectivity index (χ4n) is 3.18. The summed E-state index contributed by atoms with van der Waals surface area (Å²) in [4.78, 5) is 29.6. The van der Waals surface area contributed by atoms with Crippen molar-refractivity contribution in [2.45, 2.75) is 39.5 Å². The van der Waals surface area contributed by atoms with E-state index in [0.29, 0.717) is 34.3 Å². The van der Waals surface area contributed by atoms with E-state index in [1.54, 1.807) is 38.9 Å². The molecule has 0 saturated heterocycles. The predicted octanol–water partition coefficient (Wildman–Crippen LogP) is 2.48. The van der Waals surface area contributed by atoms with Crippen LogP contribution in [0.1, 0.15) is 29.6 Å². The van der Waals surface area contributed by atoms with Crippen LogP contribution in [0.4, 0.5) is 30.6 Å². The molecule has 3 aromatic heterocycles. The number of aromatic nitrogens is 6. The average Bonchev–Trinajstić information content (AvgIpc) is 3.20. The lowest BCUT2D eigenvalue weighted by Gasteiger charge is -2.32. The first-order chi connectivity index (χ1) is 15.0. The fourth-order valence-corrected chi connectivity index (χ4v) is 3.18. The fraction of sp³-hybridized carbons (Fsp3) is 0.368. The molecule has 32 heavy (non-hydrogen) atoms. The summed E-state index contributed by atoms with van der Waals surface area (Å²) in [7, 11) is 1.78. The molecule has 1 amide bonds. The molecule has 0 saturated carbocycles. The maximum absolute atomic E-state index is 12.9. The van der Waals surface area contributed by atoms with Gasteiger partial charge in [0.2, 0.25) is 17.7 Å². The number of nitrogens with one attached hydrogen (secondary N) is 2. The van der Waals surface area contributed by atoms with E-state index in [9.17, 15) is 18.0 Å². The van der Waals surface area contributed by atoms with Gasteiger partial charge in [-0.3, -0.25) is 4.79 Å². The summed E-state index contributed by atoms with van der Waals surface area (Å²) in [6.45, 7) is 5.43. The van der Waals surface area contributed by atoms with Gasteiger partial charge in [-0.25, -0.2) is 19.6 Å². The second-order valence-corrected chi connectivity index (χ2v) is 7.45. The Kier molecular flexibility index (Phi) is 5.18. The third-order valence-corrected chi connectivity index (χ3v) is 5.12. The van der Waals surface area contributed by atoms with Crippen LogP contribution in [-0.4, -0.2) is 48.7 Å². The molecule has 0 spiro atoms. The van der Waals surface area contributed by atoms with Gasteiger partial charge in [0.15, 0.2) is 11.6 Å². The largest absolute Gasteiger partial charge is 0.451 e. The van der Waals surface area contributed by atoms with Crippen molar-refractivity contribution in [2.75, 3.05) is 22.6 Å². The number of amides is 1. The molecule has 0 aliphatic carbocycles. The third kappa shape index (κ3) is 3.92. The number of aryl methyl sites for hydroxylation is 2. The van der Waals surface area contributed by atoms with Crippen LogP contribution >= 0.6 is 0 Å². The summed E-state index contributed by atoms with van der Waals surface area (Å²) >= 11 is 0. The zero-order valence-electron chi connectivity index (χ0n) is 17.7. The first-order valence-corrected chi connectivity index (χ1v) is 9.65. The monoisotopic (exact) mass is 447 g/mol. The Morgan fingerprint density at radius 2 is 1.91 bits per heavy atom. The van der Waals surface area contributed by atoms with Gasteiger partial charge in [0, 0.05) is 37.1 Å². The zero-order valence-corrected chi connectivity index (χ0v) is 17.7. The quantitative estimate of drug-likeness (QED) is 0.627. The Bertz CT molecular complexity index is 1190. The highest BCUT2D eigenvalue weighted by molar-refractivity contribution is 6.03. The van der Waals surface area contributed by atoms with Gasteiger partial charge in [-0.2, -0.15) is 23.3 Å². The number of anilines is 3. The van der Waals surface area contributed by atoms with E-state index >= 15 is 0 Å². The van der Waals surface area contributed by atoms with Crippen LogP contribution in [0.2, 0.25) is 0 Å². The molecule has 0 radical (unpaired) electrons. The summed E-state index contributed by atoms with van der Waals surface area (Å²) < 4.78 is 40.1. The van der Waals surface area contributed by atoms with E-state index in [2.05, 4.69) is 35.7 Å². The number of nitrogens with zero attached hydrogens (tertiary/aromatic N) is 7. The number of likely N-dealkylation sites (N-methyl/N-ethyl adjacent to an activating group) is 1. The summed E-state index contributed by atoms with van der Waals surface area (Å²) in [6, 6.07) is -0.374. The molecule has 4 rings (SSSR count). The van der Waals surface area contributed by atoms with Crippen LogP contribution in [0.5, 0.6) is 0 Å². The van der Waals surface area contributed by atoms with Gasteiger partial charge in [0.25, 0.3) is 0 Å². The summed E-state index contributed by atoms with van der Waals surface area (Å²) in [5.74, 6) is -0.364. The van der Waals surface area contributed by atoms with Crippen molar-refractivity contribution < 1.29 is 18.0 Å². The molecular formula is C19H20F3N9O. The molecule has 1 atom stereocenters. The van der Waals surface area contributed by atoms with E-state index in [4.69, 9.17) is 0 Å². The first kappa shape index (κ1) is 21.5. The van der Waals surface area contributed by atoms with Crippen LogP contribution in [-0.2, 0) is 17.5 Å². The number of fused-ring (bicyclic) bond motifs is 1. The minimum absolute atomic E-state index is 0.0470. The van der Waals surface area contributed by atoms with Crippen LogP contribution in [0.15, 0.2) is 18.6 Å². The summed E-state index contributed by atoms with van der Waals surface area (Å²) in [6.07, 6.45) is -0.444. The van der Waals surface area contributed by atoms with E-state index in [0.717, 1.165) is 6.20 Å². The molecule has 10 nitrogen and oxygen atoms in total. The molecule has 0 fully saturated rings. The second kappa shape index (κ2) is 7.73. The van der Waals surface area contributed by atoms with Gasteiger partial charge < -0.3 is 15.5 Å². The Morgan fingerprint density at radius 3 is 2.62 bits per heavy atom. The van der Waals surface area contributed by atoms with Gasteiger partial charge in [0.1, 0.15) is 11.7 Å². The van der Waals surface area contributed by atoms with Crippen molar-refractivity contribution in [1.82, 2.24) is 29.7 Å². The van der Waals surface area contributed by atoms with Crippen LogP contribution in [0.3, 0.4) is 0 Å². The van der Waals surface area contributed by atoms with Crippen LogP contribution in [0.25, 0.3) is 5.82 Å². The standard InChI is InChI=1S/C19H20F3N9O/c1-9-5-23-17(19(20,21)22)28-14(9)31-8-12(7-25-31)6-24-18-26-10(2)13-15(29-18)30(4)11(3)16(32)27-13/h5,7-8,11H,6H2,1-4H3,(H,27,32)(H,24,26,29)/t11-/m0/s1. The molecule has 13 heteroatoms. The normalized spacial score (nSPS) is 16.0. The number of carbonyl (C=O) groups is 1. The van der Waals surface area contributed by atoms with Gasteiger partial charge in [0.05, 0.1) is 11.9 Å². The number of carbonyl (C=O) groups excluding carboxylic acids is 1. The number of hydrogen-bond acceptors (Lipinski definition) is 8. The molecule has 0 bridgehead atoms. The minimum Gasteiger partial charge on any atom is -0.350 e. The van der Waals surface area contributed by atoms with Crippen molar-refractivity contribution in [1.29, 1.82) is 0 Å². The lowest BCUT2D eigenvalue weighted by Crippen LogP contribution is -2.44. The van der Waals surface area contributed by atoms with E-state index < -0.39 is 12.0 Å². The Labute approximate surface area is 180 Å². The Morgan fingerprint density at radius 1 is 1.16 bits per heavy atom. The topological polar surface area (TPSA) is 114 Å². The summed E-state index contributed by atoms with van der Waals surface area (Å²) in [5.41, 5.74) is 2.31. The van der Waals surface area contributed by atoms with Gasteiger partial charge in [-0.05, 0) is 20.8 Å². The Hall–Kier alpha value is -3.77. The number of rotatable bonds is 4. The predicted molar refractivity (Wildman–Crippen MR) is 109 cm³/mol. The average molecular weight is 447 g/mol. The lowest BCUT2D eigenvalue weighted by molar-refractivity contribution is -0.145. The SMILES string of the molecule is Cc1cnc(C(F)(F)F)nc1-n1cc(CNc2nc(C)c3c(n2)N(C)[C@@H](C)C(=O)N3)cn1. The third-order valence-electron chi connectivity index (χ3n) is 5.12. The van der Waals surface area contributed by atoms with Gasteiger partial charge in [-0.15, -0.1) is 0 Å². The van der Waals surface area contributed by atoms with Gasteiger partial charge in [-0.1, -0.05) is 0 Å². The first-order valence-electron chi connectivity index (χ1n) is 9.65. The van der Waals surface area contributed by atoms with Gasteiger partial charge >= 0.3 is 6.18 Å². The maximum Gasteiger partial charge on any atom is 0.451 e. The molecular weight excluding hydrogens is 427 g/mol. The maximum atomic E-state index is 12.9. The number of alkyl halides is 3. The molecule has 2 N–H and O–H groups in total. The number of halogens is 3. The second-order valence-electron chi connectivity index (χ2n) is 7.45. The molecule has 4 heterocycles. The highest BCUT2D eigenvalue weighted by Crippen LogP contribution is 2.32.